The Kier molecular flexibility index (Phi) is 24.7. The van der Waals surface area contributed by atoms with E-state index in [0.717, 1.165) is 10.5 Å². The quantitative estimate of drug-likeness (QED) is 0.0372. The summed E-state index contributed by atoms with van der Waals surface area (Å²) in [5, 5.41) is 46.5. The number of guanidine groups is 1. The van der Waals surface area contributed by atoms with E-state index >= 15 is 0 Å². The number of rotatable bonds is 15. The summed E-state index contributed by atoms with van der Waals surface area (Å²) in [4.78, 5) is 126. The van der Waals surface area contributed by atoms with Crippen molar-refractivity contribution in [3.8, 4) is 0 Å². The Hall–Kier alpha value is -7.10. The van der Waals surface area contributed by atoms with Crippen LogP contribution in [0.5, 0.6) is 0 Å². The fraction of sp³-hybridized carbons (Fsp3) is 0.551. The number of benzene rings is 1. The van der Waals surface area contributed by atoms with E-state index in [1.54, 1.807) is 32.9 Å². The number of hydrogen-bond acceptors (Lipinski definition) is 11. The SMILES string of the molecule is C=C1C(=O)N[C@H](C)C(=O)N[C@@H](CC(C)C)C(=O)N[C@@H](C(=O)O)[C@H](C)C(=O)N[C@@H](CCCCN=C(N)N)C(=O)N[C@@H](C=C/C(C)=C/[C@H](C)[C@@H](O)Cc2ccccc2)[C@H](C)C(=O)N[C@@H](C(=O)O)CCC(=O)N1C. The smallest absolute Gasteiger partial charge is 0.327 e. The average molecular weight is 995 g/mol. The van der Waals surface area contributed by atoms with Gasteiger partial charge in [0.1, 0.15) is 35.9 Å². The first-order chi connectivity index (χ1) is 33.2. The van der Waals surface area contributed by atoms with E-state index in [2.05, 4.69) is 43.5 Å². The number of unbranched alkanes of at least 4 members (excludes halogenated alkanes) is 1. The molecule has 1 aromatic rings. The Bertz CT molecular complexity index is 2160. The van der Waals surface area contributed by atoms with Gasteiger partial charge in [-0.3, -0.25) is 38.6 Å². The molecule has 7 amide bonds. The molecular formula is C49H74N10O12. The van der Waals surface area contributed by atoms with Gasteiger partial charge < -0.3 is 63.6 Å². The number of aliphatic carboxylic acids is 2. The molecule has 0 aliphatic carbocycles. The maximum absolute atomic E-state index is 14.4. The lowest BCUT2D eigenvalue weighted by molar-refractivity contribution is -0.146. The van der Waals surface area contributed by atoms with Crippen molar-refractivity contribution in [3.05, 3.63) is 72.0 Å². The van der Waals surface area contributed by atoms with Crippen LogP contribution < -0.4 is 43.4 Å². The van der Waals surface area contributed by atoms with Crippen molar-refractivity contribution in [2.45, 2.75) is 136 Å². The van der Waals surface area contributed by atoms with Crippen molar-refractivity contribution >= 4 is 59.2 Å². The molecule has 1 aliphatic rings. The number of aliphatic hydroxyl groups excluding tert-OH is 1. The minimum Gasteiger partial charge on any atom is -0.480 e. The predicted octanol–water partition coefficient (Wildman–Crippen LogP) is 0.354. The van der Waals surface area contributed by atoms with Crippen LogP contribution >= 0.6 is 0 Å². The molecule has 1 fully saturated rings. The Morgan fingerprint density at radius 2 is 1.42 bits per heavy atom. The van der Waals surface area contributed by atoms with Gasteiger partial charge in [-0.25, -0.2) is 9.59 Å². The van der Waals surface area contributed by atoms with Gasteiger partial charge in [0.2, 0.25) is 35.4 Å². The maximum atomic E-state index is 14.4. The number of carbonyl (C=O) groups excluding carboxylic acids is 7. The maximum Gasteiger partial charge on any atom is 0.327 e. The molecule has 0 radical (unpaired) electrons. The first-order valence-electron chi connectivity index (χ1n) is 23.6. The van der Waals surface area contributed by atoms with Crippen molar-refractivity contribution in [1.82, 2.24) is 36.8 Å². The van der Waals surface area contributed by atoms with Gasteiger partial charge in [-0.15, -0.1) is 0 Å². The second kappa shape index (κ2) is 29.2. The molecule has 1 saturated heterocycles. The van der Waals surface area contributed by atoms with Crippen molar-refractivity contribution in [2.75, 3.05) is 13.6 Å². The molecule has 392 valence electrons. The first-order valence-corrected chi connectivity index (χ1v) is 23.6. The number of carbonyl (C=O) groups is 9. The van der Waals surface area contributed by atoms with Gasteiger partial charge >= 0.3 is 11.9 Å². The Balaban J connectivity index is 2.71. The van der Waals surface area contributed by atoms with Crippen LogP contribution in [-0.4, -0.2) is 135 Å². The number of carboxylic acids is 2. The number of carboxylic acid groups (broad SMARTS) is 2. The summed E-state index contributed by atoms with van der Waals surface area (Å²) < 4.78 is 0. The lowest BCUT2D eigenvalue weighted by atomic mass is 9.94. The lowest BCUT2D eigenvalue weighted by Gasteiger charge is -2.28. The van der Waals surface area contributed by atoms with Gasteiger partial charge in [0.05, 0.1) is 24.0 Å². The number of nitrogens with one attached hydrogen (secondary N) is 6. The number of nitrogens with zero attached hydrogens (tertiary/aromatic N) is 2. The zero-order valence-electron chi connectivity index (χ0n) is 41.9. The van der Waals surface area contributed by atoms with E-state index in [9.17, 15) is 58.5 Å². The van der Waals surface area contributed by atoms with Crippen molar-refractivity contribution in [3.63, 3.8) is 0 Å². The van der Waals surface area contributed by atoms with Crippen molar-refractivity contribution in [1.29, 1.82) is 0 Å². The molecule has 10 atom stereocenters. The summed E-state index contributed by atoms with van der Waals surface area (Å²) in [6.45, 7) is 14.8. The van der Waals surface area contributed by atoms with Gasteiger partial charge in [-0.2, -0.15) is 0 Å². The molecule has 0 aromatic heterocycles. The number of aliphatic imine (C=N–C) groups is 1. The monoisotopic (exact) mass is 995 g/mol. The van der Waals surface area contributed by atoms with Crippen LogP contribution in [0.4, 0.5) is 0 Å². The molecule has 1 heterocycles. The third-order valence-corrected chi connectivity index (χ3v) is 11.9. The normalized spacial score (nSPS) is 25.3. The fourth-order valence-electron chi connectivity index (χ4n) is 7.34. The molecular weight excluding hydrogens is 921 g/mol. The van der Waals surface area contributed by atoms with Crippen molar-refractivity contribution < 1.29 is 58.5 Å². The topological polar surface area (TPSA) is 354 Å². The Morgan fingerprint density at radius 3 is 2.01 bits per heavy atom. The second-order valence-corrected chi connectivity index (χ2v) is 18.4. The molecule has 22 nitrogen and oxygen atoms in total. The highest BCUT2D eigenvalue weighted by Gasteiger charge is 2.37. The molecule has 2 rings (SSSR count). The zero-order valence-corrected chi connectivity index (χ0v) is 41.9. The Morgan fingerprint density at radius 1 is 0.817 bits per heavy atom. The van der Waals surface area contributed by atoms with Crippen LogP contribution in [0.2, 0.25) is 0 Å². The summed E-state index contributed by atoms with van der Waals surface area (Å²) in [7, 11) is 1.21. The van der Waals surface area contributed by atoms with Crippen LogP contribution in [0.1, 0.15) is 92.6 Å². The van der Waals surface area contributed by atoms with E-state index in [4.69, 9.17) is 11.5 Å². The molecule has 22 heteroatoms. The van der Waals surface area contributed by atoms with Gasteiger partial charge in [0, 0.05) is 25.9 Å². The van der Waals surface area contributed by atoms with Crippen LogP contribution in [0.15, 0.2) is 71.4 Å². The summed E-state index contributed by atoms with van der Waals surface area (Å²) in [6.07, 6.45) is 4.11. The minimum atomic E-state index is -1.88. The summed E-state index contributed by atoms with van der Waals surface area (Å²) in [6, 6.07) is 0.617. The third kappa shape index (κ3) is 20.4. The van der Waals surface area contributed by atoms with E-state index in [0.29, 0.717) is 18.4 Å². The zero-order chi connectivity index (χ0) is 53.7. The van der Waals surface area contributed by atoms with Crippen LogP contribution in [0.25, 0.3) is 0 Å². The molecule has 0 bridgehead atoms. The molecule has 0 unspecified atom stereocenters. The number of allylic oxidation sites excluding steroid dienone is 2. The number of amides is 7. The van der Waals surface area contributed by atoms with E-state index in [-0.39, 0.29) is 43.6 Å². The summed E-state index contributed by atoms with van der Waals surface area (Å²) in [5.74, 6) is -12.8. The predicted molar refractivity (Wildman–Crippen MR) is 264 cm³/mol. The molecule has 1 aromatic carbocycles. The van der Waals surface area contributed by atoms with Gasteiger partial charge in [0.15, 0.2) is 5.96 Å². The van der Waals surface area contributed by atoms with E-state index in [1.807, 2.05) is 37.3 Å². The van der Waals surface area contributed by atoms with Crippen LogP contribution in [0.3, 0.4) is 0 Å². The standard InChI is InChI=1S/C49H74N10O12/c1-26(2)23-37-46(67)58-40(48(70)71)30(6)42(63)55-35(17-13-14-22-52-49(50)51)45(66)54-34(19-18-27(3)24-28(4)38(60)25-33-15-11-10-12-16-33)29(5)41(62)56-36(47(68)69)20-21-39(61)59(9)32(8)44(65)53-31(7)43(64)57-37/h10-12,15-16,18-19,24,26,28-31,34-38,40,60H,8,13-14,17,20-23,25H2,1-7,9H3,(H,53,65)(H,54,66)(H,55,63)(H,56,62)(H,57,64)(H,58,67)(H,68,69)(H,70,71)(H4,50,51,52)/b19-18?,27-24+/t28-,29-,30-,31+,34-,35-,36+,37-,38-,40+/m0/s1. The fourth-order valence-corrected chi connectivity index (χ4v) is 7.34. The lowest BCUT2D eigenvalue weighted by Crippen LogP contribution is -2.59. The van der Waals surface area contributed by atoms with Crippen molar-refractivity contribution in [2.24, 2.45) is 40.1 Å². The van der Waals surface area contributed by atoms with Gasteiger partial charge in [0.25, 0.3) is 5.91 Å². The summed E-state index contributed by atoms with van der Waals surface area (Å²) in [5.41, 5.74) is 12.1. The second-order valence-electron chi connectivity index (χ2n) is 18.4. The molecule has 0 saturated carbocycles. The third-order valence-electron chi connectivity index (χ3n) is 11.9. The molecule has 13 N–H and O–H groups in total. The largest absolute Gasteiger partial charge is 0.480 e. The van der Waals surface area contributed by atoms with Gasteiger partial charge in [-0.05, 0) is 63.9 Å². The van der Waals surface area contributed by atoms with Crippen LogP contribution in [0, 0.1) is 23.7 Å². The number of likely N-dealkylation sites (N-methyl/N-ethyl adjacent to an activating group) is 1. The highest BCUT2D eigenvalue weighted by atomic mass is 16.4. The minimum absolute atomic E-state index is 0.00445. The number of hydrogen-bond donors (Lipinski definition) is 11. The van der Waals surface area contributed by atoms with Crippen LogP contribution in [-0.2, 0) is 49.6 Å². The molecule has 1 aliphatic heterocycles. The highest BCUT2D eigenvalue weighted by Crippen LogP contribution is 2.18. The van der Waals surface area contributed by atoms with E-state index in [1.165, 1.54) is 33.9 Å². The average Bonchev–Trinajstić information content (AvgIpc) is 3.30. The highest BCUT2D eigenvalue weighted by molar-refractivity contribution is 6.00. The number of nitrogens with two attached hydrogens (primary N) is 2. The number of aliphatic hydroxyl groups is 1. The molecule has 71 heavy (non-hydrogen) atoms. The van der Waals surface area contributed by atoms with E-state index < -0.39 is 126 Å². The molecule has 0 spiro atoms. The van der Waals surface area contributed by atoms with Gasteiger partial charge in [-0.1, -0.05) is 95.3 Å². The summed E-state index contributed by atoms with van der Waals surface area (Å²) >= 11 is 0. The first kappa shape index (κ1) is 60.0. The Labute approximate surface area is 415 Å².